The van der Waals surface area contributed by atoms with Gasteiger partial charge in [0.05, 0.1) is 6.04 Å². The van der Waals surface area contributed by atoms with Crippen molar-refractivity contribution in [3.05, 3.63) is 18.0 Å². The Morgan fingerprint density at radius 2 is 2.27 bits per heavy atom. The first-order valence-corrected chi connectivity index (χ1v) is 4.90. The molecule has 0 spiro atoms. The van der Waals surface area contributed by atoms with E-state index in [1.54, 1.807) is 0 Å². The predicted molar refractivity (Wildman–Crippen MR) is 48.4 cm³/mol. The molecule has 1 atom stereocenters. The molecule has 1 saturated heterocycles. The highest BCUT2D eigenvalue weighted by Gasteiger charge is 2.34. The molecule has 1 N–H and O–H groups in total. The van der Waals surface area contributed by atoms with Crippen LogP contribution in [0.3, 0.4) is 0 Å². The van der Waals surface area contributed by atoms with Crippen LogP contribution in [0.2, 0.25) is 0 Å². The van der Waals surface area contributed by atoms with Gasteiger partial charge < -0.3 is 5.32 Å². The van der Waals surface area contributed by atoms with E-state index in [1.165, 1.54) is 10.9 Å². The van der Waals surface area contributed by atoms with E-state index in [1.807, 2.05) is 0 Å². The summed E-state index contributed by atoms with van der Waals surface area (Å²) in [7, 11) is 0. The number of hydrogen-bond donors (Lipinski definition) is 1. The van der Waals surface area contributed by atoms with E-state index < -0.39 is 11.9 Å². The molecule has 1 aromatic heterocycles. The van der Waals surface area contributed by atoms with Crippen LogP contribution in [0.25, 0.3) is 0 Å². The minimum atomic E-state index is -4.34. The van der Waals surface area contributed by atoms with E-state index in [9.17, 15) is 13.2 Å². The Balaban J connectivity index is 2.12. The van der Waals surface area contributed by atoms with Crippen molar-refractivity contribution in [2.24, 2.45) is 0 Å². The number of halogens is 3. The molecule has 1 aliphatic heterocycles. The summed E-state index contributed by atoms with van der Waals surface area (Å²) in [5, 5.41) is 6.70. The first-order valence-electron chi connectivity index (χ1n) is 4.90. The standard InChI is InChI=1S/C9H12F3N3/c10-9(11,12)8-3-5-15(14-8)7-2-1-4-13-6-7/h3,5,7,13H,1-2,4,6H2/t7-/m1/s1. The van der Waals surface area contributed by atoms with Crippen LogP contribution in [-0.2, 0) is 6.18 Å². The van der Waals surface area contributed by atoms with Gasteiger partial charge in [0.2, 0.25) is 0 Å². The van der Waals surface area contributed by atoms with Crippen molar-refractivity contribution in [2.45, 2.75) is 25.1 Å². The van der Waals surface area contributed by atoms with Crippen LogP contribution in [0, 0.1) is 0 Å². The SMILES string of the molecule is FC(F)(F)c1ccn([C@@H]2CCCNC2)n1. The fourth-order valence-corrected chi connectivity index (χ4v) is 1.75. The molecule has 3 nitrogen and oxygen atoms in total. The van der Waals surface area contributed by atoms with Crippen LogP contribution < -0.4 is 5.32 Å². The van der Waals surface area contributed by atoms with Gasteiger partial charge in [-0.3, -0.25) is 4.68 Å². The highest BCUT2D eigenvalue weighted by atomic mass is 19.4. The first kappa shape index (κ1) is 10.5. The zero-order valence-corrected chi connectivity index (χ0v) is 8.09. The van der Waals surface area contributed by atoms with E-state index in [-0.39, 0.29) is 6.04 Å². The lowest BCUT2D eigenvalue weighted by Gasteiger charge is -2.22. The van der Waals surface area contributed by atoms with Crippen LogP contribution in [0.1, 0.15) is 24.6 Å². The van der Waals surface area contributed by atoms with Crippen molar-refractivity contribution in [1.29, 1.82) is 0 Å². The number of alkyl halides is 3. The van der Waals surface area contributed by atoms with Gasteiger partial charge in [0.1, 0.15) is 0 Å². The molecule has 2 heterocycles. The Morgan fingerprint density at radius 3 is 2.80 bits per heavy atom. The van der Waals surface area contributed by atoms with E-state index in [2.05, 4.69) is 10.4 Å². The van der Waals surface area contributed by atoms with E-state index >= 15 is 0 Å². The van der Waals surface area contributed by atoms with E-state index in [0.29, 0.717) is 6.54 Å². The zero-order chi connectivity index (χ0) is 10.9. The van der Waals surface area contributed by atoms with Gasteiger partial charge in [0.25, 0.3) is 0 Å². The molecule has 15 heavy (non-hydrogen) atoms. The third kappa shape index (κ3) is 2.31. The molecule has 84 valence electrons. The second kappa shape index (κ2) is 3.84. The average molecular weight is 219 g/mol. The lowest BCUT2D eigenvalue weighted by Crippen LogP contribution is -2.32. The largest absolute Gasteiger partial charge is 0.435 e. The number of rotatable bonds is 1. The first-order chi connectivity index (χ1) is 7.07. The van der Waals surface area contributed by atoms with Crippen molar-refractivity contribution in [3.63, 3.8) is 0 Å². The lowest BCUT2D eigenvalue weighted by molar-refractivity contribution is -0.141. The average Bonchev–Trinajstić information content (AvgIpc) is 2.67. The quantitative estimate of drug-likeness (QED) is 0.780. The molecule has 2 rings (SSSR count). The van der Waals surface area contributed by atoms with Crippen LogP contribution in [0.15, 0.2) is 12.3 Å². The molecule has 0 aliphatic carbocycles. The summed E-state index contributed by atoms with van der Waals surface area (Å²) in [5.41, 5.74) is -0.812. The predicted octanol–water partition coefficient (Wildman–Crippen LogP) is 1.83. The summed E-state index contributed by atoms with van der Waals surface area (Å²) >= 11 is 0. The normalized spacial score (nSPS) is 23.0. The molecule has 1 fully saturated rings. The Bertz CT molecular complexity index is 326. The highest BCUT2D eigenvalue weighted by Crippen LogP contribution is 2.28. The fraction of sp³-hybridized carbons (Fsp3) is 0.667. The van der Waals surface area contributed by atoms with Gasteiger partial charge in [-0.05, 0) is 25.5 Å². The summed E-state index contributed by atoms with van der Waals surface area (Å²) in [6, 6.07) is 1.07. The van der Waals surface area contributed by atoms with Crippen molar-refractivity contribution in [2.75, 3.05) is 13.1 Å². The van der Waals surface area contributed by atoms with Gasteiger partial charge in [0, 0.05) is 12.7 Å². The van der Waals surface area contributed by atoms with Gasteiger partial charge in [-0.15, -0.1) is 0 Å². The second-order valence-electron chi connectivity index (χ2n) is 3.68. The van der Waals surface area contributed by atoms with Gasteiger partial charge >= 0.3 is 6.18 Å². The molecule has 1 aromatic rings. The monoisotopic (exact) mass is 219 g/mol. The second-order valence-corrected chi connectivity index (χ2v) is 3.68. The molecular weight excluding hydrogens is 207 g/mol. The Hall–Kier alpha value is -1.04. The molecule has 0 amide bonds. The molecule has 0 saturated carbocycles. The van der Waals surface area contributed by atoms with Crippen molar-refractivity contribution < 1.29 is 13.2 Å². The molecular formula is C9H12F3N3. The number of piperidine rings is 1. The maximum atomic E-state index is 12.3. The molecule has 6 heteroatoms. The topological polar surface area (TPSA) is 29.9 Å². The third-order valence-electron chi connectivity index (χ3n) is 2.54. The van der Waals surface area contributed by atoms with Crippen molar-refractivity contribution >= 4 is 0 Å². The van der Waals surface area contributed by atoms with Crippen LogP contribution in [0.4, 0.5) is 13.2 Å². The molecule has 0 unspecified atom stereocenters. The van der Waals surface area contributed by atoms with Gasteiger partial charge in [0.15, 0.2) is 5.69 Å². The Morgan fingerprint density at radius 1 is 1.47 bits per heavy atom. The fourth-order valence-electron chi connectivity index (χ4n) is 1.75. The number of nitrogens with one attached hydrogen (secondary N) is 1. The minimum absolute atomic E-state index is 0.0508. The molecule has 0 aromatic carbocycles. The lowest BCUT2D eigenvalue weighted by atomic mass is 10.1. The maximum Gasteiger partial charge on any atom is 0.435 e. The molecule has 0 radical (unpaired) electrons. The minimum Gasteiger partial charge on any atom is -0.315 e. The van der Waals surface area contributed by atoms with Crippen LogP contribution in [-0.4, -0.2) is 22.9 Å². The van der Waals surface area contributed by atoms with E-state index in [4.69, 9.17) is 0 Å². The molecule has 0 bridgehead atoms. The Kier molecular flexibility index (Phi) is 2.68. The van der Waals surface area contributed by atoms with Gasteiger partial charge in [-0.1, -0.05) is 0 Å². The van der Waals surface area contributed by atoms with Gasteiger partial charge in [-0.2, -0.15) is 18.3 Å². The number of hydrogen-bond acceptors (Lipinski definition) is 2. The van der Waals surface area contributed by atoms with Crippen LogP contribution >= 0.6 is 0 Å². The Labute approximate surface area is 85.3 Å². The van der Waals surface area contributed by atoms with Gasteiger partial charge in [-0.25, -0.2) is 0 Å². The summed E-state index contributed by atoms with van der Waals surface area (Å²) in [4.78, 5) is 0. The van der Waals surface area contributed by atoms with E-state index in [0.717, 1.165) is 25.5 Å². The van der Waals surface area contributed by atoms with Crippen molar-refractivity contribution in [3.8, 4) is 0 Å². The van der Waals surface area contributed by atoms with Crippen LogP contribution in [0.5, 0.6) is 0 Å². The third-order valence-corrected chi connectivity index (χ3v) is 2.54. The highest BCUT2D eigenvalue weighted by molar-refractivity contribution is 5.04. The summed E-state index contributed by atoms with van der Waals surface area (Å²) < 4.78 is 38.2. The molecule has 1 aliphatic rings. The van der Waals surface area contributed by atoms with Crippen molar-refractivity contribution in [1.82, 2.24) is 15.1 Å². The maximum absolute atomic E-state index is 12.3. The zero-order valence-electron chi connectivity index (χ0n) is 8.09. The number of aromatic nitrogens is 2. The smallest absolute Gasteiger partial charge is 0.315 e. The number of nitrogens with zero attached hydrogens (tertiary/aromatic N) is 2. The summed E-state index contributed by atoms with van der Waals surface area (Å²) in [5.74, 6) is 0. The summed E-state index contributed by atoms with van der Waals surface area (Å²) in [6.07, 6.45) is -1.08. The summed E-state index contributed by atoms with van der Waals surface area (Å²) in [6.45, 7) is 1.63.